The van der Waals surface area contributed by atoms with E-state index in [9.17, 15) is 4.79 Å². The molecule has 0 atom stereocenters. The first-order chi connectivity index (χ1) is 13.5. The molecule has 1 N–H and O–H groups in total. The fourth-order valence-corrected chi connectivity index (χ4v) is 3.61. The minimum Gasteiger partial charge on any atom is -0.352 e. The summed E-state index contributed by atoms with van der Waals surface area (Å²) in [5, 5.41) is 3.80. The molecule has 2 aromatic rings. The van der Waals surface area contributed by atoms with Crippen LogP contribution in [0.3, 0.4) is 0 Å². The smallest absolute Gasteiger partial charge is 0.220 e. The Balaban J connectivity index is 1.83. The van der Waals surface area contributed by atoms with Gasteiger partial charge in [-0.05, 0) is 56.3 Å². The lowest BCUT2D eigenvalue weighted by Crippen LogP contribution is -2.23. The van der Waals surface area contributed by atoms with Crippen LogP contribution in [-0.4, -0.2) is 40.1 Å². The summed E-state index contributed by atoms with van der Waals surface area (Å²) in [6.07, 6.45) is 3.09. The number of hydrogen-bond donors (Lipinski definition) is 1. The van der Waals surface area contributed by atoms with E-state index in [2.05, 4.69) is 58.3 Å². The van der Waals surface area contributed by atoms with Crippen LogP contribution >= 0.6 is 11.8 Å². The number of benzene rings is 1. The SMILES string of the molecule is CCN(CC)Cc1ccc(CNC(=O)CCc2c(C)nc(SC)nc2C)cc1. The molecular weight excluding hydrogens is 368 g/mol. The molecule has 0 aliphatic carbocycles. The highest BCUT2D eigenvalue weighted by Crippen LogP contribution is 2.17. The van der Waals surface area contributed by atoms with Crippen LogP contribution in [0.1, 0.15) is 48.3 Å². The van der Waals surface area contributed by atoms with Crippen LogP contribution in [0, 0.1) is 13.8 Å². The fraction of sp³-hybridized carbons (Fsp3) is 0.500. The summed E-state index contributed by atoms with van der Waals surface area (Å²) in [6, 6.07) is 8.50. The lowest BCUT2D eigenvalue weighted by Gasteiger charge is -2.18. The first-order valence-corrected chi connectivity index (χ1v) is 11.1. The summed E-state index contributed by atoms with van der Waals surface area (Å²) in [5.74, 6) is 0.0555. The van der Waals surface area contributed by atoms with E-state index in [0.29, 0.717) is 19.4 Å². The molecule has 0 saturated heterocycles. The Kier molecular flexibility index (Phi) is 8.93. The number of nitrogens with zero attached hydrogens (tertiary/aromatic N) is 3. The zero-order chi connectivity index (χ0) is 20.5. The molecule has 1 aromatic carbocycles. The average molecular weight is 401 g/mol. The number of carbonyl (C=O) groups is 1. The third-order valence-corrected chi connectivity index (χ3v) is 5.55. The van der Waals surface area contributed by atoms with Crippen LogP contribution in [-0.2, 0) is 24.3 Å². The number of rotatable bonds is 10. The predicted molar refractivity (Wildman–Crippen MR) is 117 cm³/mol. The fourth-order valence-electron chi connectivity index (χ4n) is 3.16. The molecule has 0 radical (unpaired) electrons. The largest absolute Gasteiger partial charge is 0.352 e. The van der Waals surface area contributed by atoms with E-state index in [1.165, 1.54) is 17.3 Å². The minimum atomic E-state index is 0.0555. The van der Waals surface area contributed by atoms with Crippen LogP contribution in [0.4, 0.5) is 0 Å². The van der Waals surface area contributed by atoms with Gasteiger partial charge in [-0.3, -0.25) is 9.69 Å². The van der Waals surface area contributed by atoms with Gasteiger partial charge < -0.3 is 5.32 Å². The number of carbonyl (C=O) groups excluding carboxylic acids is 1. The van der Waals surface area contributed by atoms with Gasteiger partial charge in [-0.1, -0.05) is 49.9 Å². The second-order valence-electron chi connectivity index (χ2n) is 6.91. The second kappa shape index (κ2) is 11.2. The van der Waals surface area contributed by atoms with E-state index in [1.807, 2.05) is 20.1 Å². The highest BCUT2D eigenvalue weighted by molar-refractivity contribution is 7.98. The molecule has 1 amide bonds. The first kappa shape index (κ1) is 22.4. The average Bonchev–Trinajstić information content (AvgIpc) is 2.70. The van der Waals surface area contributed by atoms with Gasteiger partial charge in [0.2, 0.25) is 5.91 Å². The van der Waals surface area contributed by atoms with Gasteiger partial charge in [0.1, 0.15) is 0 Å². The monoisotopic (exact) mass is 400 g/mol. The van der Waals surface area contributed by atoms with Crippen molar-refractivity contribution in [2.75, 3.05) is 19.3 Å². The molecule has 0 aliphatic heterocycles. The lowest BCUT2D eigenvalue weighted by atomic mass is 10.1. The third kappa shape index (κ3) is 6.60. The molecule has 2 rings (SSSR count). The van der Waals surface area contributed by atoms with Crippen molar-refractivity contribution in [2.45, 2.75) is 58.8 Å². The van der Waals surface area contributed by atoms with Crippen LogP contribution < -0.4 is 5.32 Å². The quantitative estimate of drug-likeness (QED) is 0.484. The Labute approximate surface area is 173 Å². The normalized spacial score (nSPS) is 11.1. The molecule has 5 nitrogen and oxygen atoms in total. The third-order valence-electron chi connectivity index (χ3n) is 5.00. The van der Waals surface area contributed by atoms with Crippen molar-refractivity contribution in [3.8, 4) is 0 Å². The van der Waals surface area contributed by atoms with E-state index in [-0.39, 0.29) is 5.91 Å². The minimum absolute atomic E-state index is 0.0555. The van der Waals surface area contributed by atoms with Gasteiger partial charge in [0.15, 0.2) is 5.16 Å². The summed E-state index contributed by atoms with van der Waals surface area (Å²) in [5.41, 5.74) is 5.44. The molecule has 0 saturated carbocycles. The van der Waals surface area contributed by atoms with E-state index < -0.39 is 0 Å². The van der Waals surface area contributed by atoms with Crippen molar-refractivity contribution in [3.63, 3.8) is 0 Å². The summed E-state index contributed by atoms with van der Waals surface area (Å²) in [6.45, 7) is 12.0. The number of aromatic nitrogens is 2. The molecule has 0 fully saturated rings. The Morgan fingerprint density at radius 2 is 1.61 bits per heavy atom. The van der Waals surface area contributed by atoms with Crippen molar-refractivity contribution >= 4 is 17.7 Å². The Hall–Kier alpha value is -1.92. The Bertz CT molecular complexity index is 750. The van der Waals surface area contributed by atoms with Gasteiger partial charge >= 0.3 is 0 Å². The summed E-state index contributed by atoms with van der Waals surface area (Å²) in [4.78, 5) is 23.6. The standard InChI is InChI=1S/C22H32N4OS/c1-6-26(7-2)15-19-10-8-18(9-11-19)14-23-21(27)13-12-20-16(3)24-22(28-5)25-17(20)4/h8-11H,6-7,12-15H2,1-5H3,(H,23,27). The molecule has 1 heterocycles. The second-order valence-corrected chi connectivity index (χ2v) is 7.69. The maximum atomic E-state index is 12.3. The van der Waals surface area contributed by atoms with E-state index >= 15 is 0 Å². The molecule has 1 aromatic heterocycles. The first-order valence-electron chi connectivity index (χ1n) is 9.91. The van der Waals surface area contributed by atoms with E-state index in [1.54, 1.807) is 0 Å². The zero-order valence-corrected chi connectivity index (χ0v) is 18.5. The molecule has 0 bridgehead atoms. The van der Waals surface area contributed by atoms with Crippen LogP contribution in [0.5, 0.6) is 0 Å². The topological polar surface area (TPSA) is 58.1 Å². The number of amides is 1. The van der Waals surface area contributed by atoms with Crippen LogP contribution in [0.25, 0.3) is 0 Å². The van der Waals surface area contributed by atoms with Gasteiger partial charge in [0.25, 0.3) is 0 Å². The molecule has 152 valence electrons. The molecule has 6 heteroatoms. The number of aryl methyl sites for hydroxylation is 2. The molecule has 28 heavy (non-hydrogen) atoms. The van der Waals surface area contributed by atoms with Crippen molar-refractivity contribution in [2.24, 2.45) is 0 Å². The maximum Gasteiger partial charge on any atom is 0.220 e. The highest BCUT2D eigenvalue weighted by atomic mass is 32.2. The summed E-state index contributed by atoms with van der Waals surface area (Å²) < 4.78 is 0. The van der Waals surface area contributed by atoms with Crippen LogP contribution in [0.15, 0.2) is 29.4 Å². The number of nitrogens with one attached hydrogen (secondary N) is 1. The number of thioether (sulfide) groups is 1. The molecule has 0 unspecified atom stereocenters. The van der Waals surface area contributed by atoms with Crippen molar-refractivity contribution < 1.29 is 4.79 Å². The van der Waals surface area contributed by atoms with Gasteiger partial charge in [-0.2, -0.15) is 0 Å². The lowest BCUT2D eigenvalue weighted by molar-refractivity contribution is -0.121. The highest BCUT2D eigenvalue weighted by Gasteiger charge is 2.10. The van der Waals surface area contributed by atoms with Crippen molar-refractivity contribution in [1.82, 2.24) is 20.2 Å². The van der Waals surface area contributed by atoms with Crippen molar-refractivity contribution in [1.29, 1.82) is 0 Å². The van der Waals surface area contributed by atoms with Gasteiger partial charge in [-0.15, -0.1) is 0 Å². The van der Waals surface area contributed by atoms with Crippen molar-refractivity contribution in [3.05, 3.63) is 52.3 Å². The number of hydrogen-bond acceptors (Lipinski definition) is 5. The zero-order valence-electron chi connectivity index (χ0n) is 17.7. The maximum absolute atomic E-state index is 12.3. The Morgan fingerprint density at radius 1 is 1.04 bits per heavy atom. The van der Waals surface area contributed by atoms with Gasteiger partial charge in [-0.25, -0.2) is 9.97 Å². The molecule has 0 spiro atoms. The molecule has 0 aliphatic rings. The van der Waals surface area contributed by atoms with Gasteiger partial charge in [0.05, 0.1) is 0 Å². The predicted octanol–water partition coefficient (Wildman–Crippen LogP) is 3.91. The summed E-state index contributed by atoms with van der Waals surface area (Å²) >= 11 is 1.54. The molecular formula is C22H32N4OS. The van der Waals surface area contributed by atoms with Gasteiger partial charge in [0, 0.05) is 30.9 Å². The van der Waals surface area contributed by atoms with Crippen LogP contribution in [0.2, 0.25) is 0 Å². The summed E-state index contributed by atoms with van der Waals surface area (Å²) in [7, 11) is 0. The Morgan fingerprint density at radius 3 is 2.14 bits per heavy atom. The van der Waals surface area contributed by atoms with E-state index in [0.717, 1.165) is 47.3 Å². The van der Waals surface area contributed by atoms with E-state index in [4.69, 9.17) is 0 Å².